The van der Waals surface area contributed by atoms with Crippen LogP contribution in [0.3, 0.4) is 0 Å². The number of fused-ring (bicyclic) bond motifs is 1. The zero-order valence-corrected chi connectivity index (χ0v) is 14.1. The molecule has 0 unspecified atom stereocenters. The standard InChI is InChI=1S/C19H18N2O2S/c22-19(21-8-4-11-24-12-9-21)15-13-17(18-7-3-10-23-18)20-16-6-2-1-5-14(15)16/h1-3,5-7,10,13H,4,8-9,11-12H2. The summed E-state index contributed by atoms with van der Waals surface area (Å²) in [6, 6.07) is 13.4. The molecule has 122 valence electrons. The first-order valence-electron chi connectivity index (χ1n) is 8.13. The summed E-state index contributed by atoms with van der Waals surface area (Å²) >= 11 is 1.92. The Labute approximate surface area is 144 Å². The van der Waals surface area contributed by atoms with Crippen molar-refractivity contribution in [2.45, 2.75) is 6.42 Å². The van der Waals surface area contributed by atoms with Crippen molar-refractivity contribution in [1.82, 2.24) is 9.88 Å². The Hall–Kier alpha value is -2.27. The molecule has 0 N–H and O–H groups in total. The van der Waals surface area contributed by atoms with Crippen LogP contribution in [0.5, 0.6) is 0 Å². The zero-order chi connectivity index (χ0) is 16.4. The fraction of sp³-hybridized carbons (Fsp3) is 0.263. The molecule has 0 spiro atoms. The molecule has 4 rings (SSSR count). The number of hydrogen-bond acceptors (Lipinski definition) is 4. The van der Waals surface area contributed by atoms with Gasteiger partial charge in [0.1, 0.15) is 5.69 Å². The van der Waals surface area contributed by atoms with Gasteiger partial charge in [-0.1, -0.05) is 18.2 Å². The molecule has 4 nitrogen and oxygen atoms in total. The lowest BCUT2D eigenvalue weighted by Crippen LogP contribution is -2.33. The molecule has 5 heteroatoms. The second-order valence-corrected chi connectivity index (χ2v) is 7.03. The summed E-state index contributed by atoms with van der Waals surface area (Å²) in [6.45, 7) is 1.62. The SMILES string of the molecule is O=C(c1cc(-c2ccco2)nc2ccccc12)N1CCCSCC1. The summed E-state index contributed by atoms with van der Waals surface area (Å²) in [4.78, 5) is 19.8. The predicted octanol–water partition coefficient (Wildman–Crippen LogP) is 4.07. The Kier molecular flexibility index (Phi) is 4.26. The number of thioether (sulfide) groups is 1. The van der Waals surface area contributed by atoms with E-state index in [0.29, 0.717) is 17.0 Å². The van der Waals surface area contributed by atoms with Crippen molar-refractivity contribution < 1.29 is 9.21 Å². The van der Waals surface area contributed by atoms with Gasteiger partial charge in [0.05, 0.1) is 17.3 Å². The van der Waals surface area contributed by atoms with Crippen molar-refractivity contribution in [2.24, 2.45) is 0 Å². The Bertz CT molecular complexity index is 853. The highest BCUT2D eigenvalue weighted by Gasteiger charge is 2.21. The lowest BCUT2D eigenvalue weighted by atomic mass is 10.1. The lowest BCUT2D eigenvalue weighted by molar-refractivity contribution is 0.0770. The summed E-state index contributed by atoms with van der Waals surface area (Å²) in [6.07, 6.45) is 2.67. The van der Waals surface area contributed by atoms with Gasteiger partial charge >= 0.3 is 0 Å². The molecule has 1 aromatic carbocycles. The van der Waals surface area contributed by atoms with E-state index in [1.807, 2.05) is 59.1 Å². The van der Waals surface area contributed by atoms with Crippen LogP contribution in [0.4, 0.5) is 0 Å². The summed E-state index contributed by atoms with van der Waals surface area (Å²) in [5, 5.41) is 0.898. The number of aromatic nitrogens is 1. The van der Waals surface area contributed by atoms with Crippen LogP contribution in [0.25, 0.3) is 22.4 Å². The Morgan fingerprint density at radius 1 is 1.12 bits per heavy atom. The first kappa shape index (κ1) is 15.3. The highest BCUT2D eigenvalue weighted by Crippen LogP contribution is 2.26. The molecular formula is C19H18N2O2S. The molecule has 1 saturated heterocycles. The monoisotopic (exact) mass is 338 g/mol. The molecule has 1 aliphatic heterocycles. The average Bonchev–Trinajstić information content (AvgIpc) is 3.03. The normalized spacial score (nSPS) is 15.4. The lowest BCUT2D eigenvalue weighted by Gasteiger charge is -2.21. The van der Waals surface area contributed by atoms with Crippen LogP contribution in [-0.4, -0.2) is 40.4 Å². The maximum Gasteiger partial charge on any atom is 0.254 e. The van der Waals surface area contributed by atoms with Gasteiger partial charge in [0, 0.05) is 24.2 Å². The van der Waals surface area contributed by atoms with Crippen molar-refractivity contribution in [1.29, 1.82) is 0 Å². The third kappa shape index (κ3) is 2.91. The number of furan rings is 1. The molecule has 3 heterocycles. The van der Waals surface area contributed by atoms with E-state index in [1.165, 1.54) is 0 Å². The summed E-state index contributed by atoms with van der Waals surface area (Å²) in [7, 11) is 0. The zero-order valence-electron chi connectivity index (χ0n) is 13.3. The van der Waals surface area contributed by atoms with Crippen LogP contribution in [0.2, 0.25) is 0 Å². The minimum atomic E-state index is 0.0870. The van der Waals surface area contributed by atoms with Crippen LogP contribution >= 0.6 is 11.8 Å². The van der Waals surface area contributed by atoms with Crippen LogP contribution in [-0.2, 0) is 0 Å². The minimum Gasteiger partial charge on any atom is -0.463 e. The van der Waals surface area contributed by atoms with E-state index in [1.54, 1.807) is 6.26 Å². The van der Waals surface area contributed by atoms with Gasteiger partial charge in [0.2, 0.25) is 0 Å². The molecule has 3 aromatic rings. The first-order chi connectivity index (χ1) is 11.8. The van der Waals surface area contributed by atoms with E-state index in [2.05, 4.69) is 4.98 Å². The second-order valence-electron chi connectivity index (χ2n) is 5.81. The number of nitrogens with zero attached hydrogens (tertiary/aromatic N) is 2. The molecule has 0 bridgehead atoms. The van der Waals surface area contributed by atoms with Crippen molar-refractivity contribution in [3.05, 3.63) is 54.3 Å². The van der Waals surface area contributed by atoms with Crippen LogP contribution in [0, 0.1) is 0 Å². The average molecular weight is 338 g/mol. The van der Waals surface area contributed by atoms with Gasteiger partial charge in [-0.15, -0.1) is 0 Å². The maximum absolute atomic E-state index is 13.1. The highest BCUT2D eigenvalue weighted by molar-refractivity contribution is 7.99. The predicted molar refractivity (Wildman–Crippen MR) is 97.3 cm³/mol. The molecule has 1 fully saturated rings. The number of amides is 1. The Balaban J connectivity index is 1.82. The summed E-state index contributed by atoms with van der Waals surface area (Å²) in [5.74, 6) is 2.89. The van der Waals surface area contributed by atoms with E-state index in [0.717, 1.165) is 41.9 Å². The van der Waals surface area contributed by atoms with Gasteiger partial charge in [-0.3, -0.25) is 4.79 Å². The Morgan fingerprint density at radius 2 is 2.04 bits per heavy atom. The quantitative estimate of drug-likeness (QED) is 0.706. The summed E-state index contributed by atoms with van der Waals surface area (Å²) in [5.41, 5.74) is 2.23. The molecular weight excluding hydrogens is 320 g/mol. The molecule has 2 aromatic heterocycles. The van der Waals surface area contributed by atoms with Gasteiger partial charge < -0.3 is 9.32 Å². The second kappa shape index (κ2) is 6.69. The van der Waals surface area contributed by atoms with Crippen molar-refractivity contribution in [3.8, 4) is 11.5 Å². The number of carbonyl (C=O) groups is 1. The number of carbonyl (C=O) groups excluding carboxylic acids is 1. The largest absolute Gasteiger partial charge is 0.463 e. The molecule has 24 heavy (non-hydrogen) atoms. The van der Waals surface area contributed by atoms with Crippen LogP contribution in [0.15, 0.2) is 53.1 Å². The molecule has 0 radical (unpaired) electrons. The van der Waals surface area contributed by atoms with Gasteiger partial charge in [-0.25, -0.2) is 4.98 Å². The number of pyridine rings is 1. The highest BCUT2D eigenvalue weighted by atomic mass is 32.2. The van der Waals surface area contributed by atoms with Crippen LogP contribution < -0.4 is 0 Å². The van der Waals surface area contributed by atoms with Crippen molar-refractivity contribution in [2.75, 3.05) is 24.6 Å². The fourth-order valence-electron chi connectivity index (χ4n) is 3.02. The number of benzene rings is 1. The van der Waals surface area contributed by atoms with Gasteiger partial charge in [-0.2, -0.15) is 11.8 Å². The first-order valence-corrected chi connectivity index (χ1v) is 9.29. The van der Waals surface area contributed by atoms with E-state index in [-0.39, 0.29) is 5.91 Å². The van der Waals surface area contributed by atoms with E-state index < -0.39 is 0 Å². The van der Waals surface area contributed by atoms with Crippen molar-refractivity contribution in [3.63, 3.8) is 0 Å². The van der Waals surface area contributed by atoms with Crippen molar-refractivity contribution >= 4 is 28.6 Å². The third-order valence-corrected chi connectivity index (χ3v) is 5.28. The number of para-hydroxylation sites is 1. The molecule has 1 aliphatic rings. The molecule has 0 atom stereocenters. The number of hydrogen-bond donors (Lipinski definition) is 0. The topological polar surface area (TPSA) is 46.3 Å². The van der Waals surface area contributed by atoms with E-state index in [9.17, 15) is 4.79 Å². The van der Waals surface area contributed by atoms with E-state index >= 15 is 0 Å². The molecule has 0 aliphatic carbocycles. The third-order valence-electron chi connectivity index (χ3n) is 4.23. The van der Waals surface area contributed by atoms with Gasteiger partial charge in [0.15, 0.2) is 5.76 Å². The molecule has 1 amide bonds. The maximum atomic E-state index is 13.1. The van der Waals surface area contributed by atoms with Gasteiger partial charge in [0.25, 0.3) is 5.91 Å². The number of rotatable bonds is 2. The van der Waals surface area contributed by atoms with Crippen LogP contribution in [0.1, 0.15) is 16.8 Å². The minimum absolute atomic E-state index is 0.0870. The smallest absolute Gasteiger partial charge is 0.254 e. The summed E-state index contributed by atoms with van der Waals surface area (Å²) < 4.78 is 5.48. The fourth-order valence-corrected chi connectivity index (χ4v) is 3.91. The van der Waals surface area contributed by atoms with Gasteiger partial charge in [-0.05, 0) is 36.4 Å². The molecule has 0 saturated carbocycles. The van der Waals surface area contributed by atoms with E-state index in [4.69, 9.17) is 4.42 Å². The Morgan fingerprint density at radius 3 is 2.92 bits per heavy atom.